The van der Waals surface area contributed by atoms with E-state index in [-0.39, 0.29) is 18.3 Å². The lowest BCUT2D eigenvalue weighted by Crippen LogP contribution is -2.04. The highest BCUT2D eigenvalue weighted by molar-refractivity contribution is 5.69. The molecule has 0 fully saturated rings. The lowest BCUT2D eigenvalue weighted by Gasteiger charge is -2.11. The Morgan fingerprint density at radius 1 is 1.11 bits per heavy atom. The number of hydrogen-bond acceptors (Lipinski definition) is 6. The van der Waals surface area contributed by atoms with Crippen molar-refractivity contribution >= 4 is 0 Å². The zero-order valence-corrected chi connectivity index (χ0v) is 13.9. The Hall–Kier alpha value is -3.24. The standard InChI is InChI=1S/C16H13F4N5O2/c1-26-15-11(10-2-3-21-12(5-10)27-16(19)20)4-9(6-22-15)7-25-8-23-14(24-25)13(17)18/h2-6,8,13,16H,7H2,1H3. The van der Waals surface area contributed by atoms with Crippen molar-refractivity contribution in [3.05, 3.63) is 48.3 Å². The van der Waals surface area contributed by atoms with Crippen molar-refractivity contribution in [1.29, 1.82) is 0 Å². The minimum Gasteiger partial charge on any atom is -0.481 e. The van der Waals surface area contributed by atoms with Gasteiger partial charge in [0, 0.05) is 24.0 Å². The van der Waals surface area contributed by atoms with Crippen LogP contribution in [0.15, 0.2) is 36.9 Å². The van der Waals surface area contributed by atoms with Gasteiger partial charge in [-0.1, -0.05) is 0 Å². The van der Waals surface area contributed by atoms with E-state index in [4.69, 9.17) is 4.74 Å². The first kappa shape index (κ1) is 18.5. The maximum Gasteiger partial charge on any atom is 0.388 e. The molecule has 0 bridgehead atoms. The third kappa shape index (κ3) is 4.49. The van der Waals surface area contributed by atoms with E-state index in [2.05, 4.69) is 24.8 Å². The van der Waals surface area contributed by atoms with Crippen LogP contribution < -0.4 is 9.47 Å². The Bertz CT molecular complexity index is 919. The van der Waals surface area contributed by atoms with E-state index in [1.54, 1.807) is 12.1 Å². The Balaban J connectivity index is 1.91. The molecule has 3 aromatic heterocycles. The fourth-order valence-electron chi connectivity index (χ4n) is 2.36. The van der Waals surface area contributed by atoms with E-state index >= 15 is 0 Å². The van der Waals surface area contributed by atoms with Gasteiger partial charge in [-0.2, -0.15) is 8.78 Å². The van der Waals surface area contributed by atoms with Crippen LogP contribution in [0.2, 0.25) is 0 Å². The first-order chi connectivity index (χ1) is 13.0. The molecule has 0 aliphatic rings. The molecule has 0 amide bonds. The molecule has 27 heavy (non-hydrogen) atoms. The van der Waals surface area contributed by atoms with E-state index in [0.717, 1.165) is 0 Å². The summed E-state index contributed by atoms with van der Waals surface area (Å²) in [5.41, 5.74) is 1.59. The van der Waals surface area contributed by atoms with Crippen LogP contribution in [0.5, 0.6) is 11.8 Å². The fraction of sp³-hybridized carbons (Fsp3) is 0.250. The second-order valence-electron chi connectivity index (χ2n) is 5.26. The van der Waals surface area contributed by atoms with Gasteiger partial charge < -0.3 is 9.47 Å². The van der Waals surface area contributed by atoms with Gasteiger partial charge in [-0.3, -0.25) is 0 Å². The quantitative estimate of drug-likeness (QED) is 0.583. The number of rotatable bonds is 7. The summed E-state index contributed by atoms with van der Waals surface area (Å²) < 4.78 is 60.7. The second-order valence-corrected chi connectivity index (χ2v) is 5.26. The SMILES string of the molecule is COc1ncc(Cn2cnc(C(F)F)n2)cc1-c1ccnc(OC(F)F)c1. The normalized spacial score (nSPS) is 11.2. The van der Waals surface area contributed by atoms with Crippen molar-refractivity contribution in [2.45, 2.75) is 19.6 Å². The van der Waals surface area contributed by atoms with E-state index < -0.39 is 18.9 Å². The maximum absolute atomic E-state index is 12.6. The fourth-order valence-corrected chi connectivity index (χ4v) is 2.36. The zero-order valence-electron chi connectivity index (χ0n) is 13.9. The monoisotopic (exact) mass is 383 g/mol. The summed E-state index contributed by atoms with van der Waals surface area (Å²) in [6.45, 7) is -2.87. The van der Waals surface area contributed by atoms with Gasteiger partial charge in [-0.05, 0) is 23.3 Å². The van der Waals surface area contributed by atoms with Crippen LogP contribution in [0.3, 0.4) is 0 Å². The van der Waals surface area contributed by atoms with Gasteiger partial charge >= 0.3 is 6.61 Å². The number of hydrogen-bond donors (Lipinski definition) is 0. The molecule has 11 heteroatoms. The molecule has 142 valence electrons. The summed E-state index contributed by atoms with van der Waals surface area (Å²) in [6.07, 6.45) is 1.22. The van der Waals surface area contributed by atoms with Crippen LogP contribution in [-0.4, -0.2) is 38.5 Å². The molecule has 0 radical (unpaired) electrons. The van der Waals surface area contributed by atoms with Crippen LogP contribution in [0.1, 0.15) is 17.8 Å². The van der Waals surface area contributed by atoms with Crippen LogP contribution in [-0.2, 0) is 6.54 Å². The summed E-state index contributed by atoms with van der Waals surface area (Å²) in [5, 5.41) is 3.68. The van der Waals surface area contributed by atoms with Crippen LogP contribution >= 0.6 is 0 Å². The summed E-state index contributed by atoms with van der Waals surface area (Å²) >= 11 is 0. The van der Waals surface area contributed by atoms with Crippen LogP contribution in [0, 0.1) is 0 Å². The average Bonchev–Trinajstić information content (AvgIpc) is 3.10. The van der Waals surface area contributed by atoms with Gasteiger partial charge in [0.15, 0.2) is 0 Å². The smallest absolute Gasteiger partial charge is 0.388 e. The largest absolute Gasteiger partial charge is 0.481 e. The Morgan fingerprint density at radius 3 is 2.59 bits per heavy atom. The molecule has 0 saturated carbocycles. The van der Waals surface area contributed by atoms with E-state index in [1.807, 2.05) is 0 Å². The third-order valence-corrected chi connectivity index (χ3v) is 3.45. The predicted octanol–water partition coefficient (Wildman–Crippen LogP) is 3.33. The summed E-state index contributed by atoms with van der Waals surface area (Å²) in [6, 6.07) is 4.57. The molecule has 0 aliphatic heterocycles. The molecule has 0 aliphatic carbocycles. The van der Waals surface area contributed by atoms with Gasteiger partial charge in [0.1, 0.15) is 6.33 Å². The number of alkyl halides is 4. The molecular formula is C16H13F4N5O2. The minimum absolute atomic E-state index is 0.134. The zero-order chi connectivity index (χ0) is 19.4. The lowest BCUT2D eigenvalue weighted by molar-refractivity contribution is -0.0528. The highest BCUT2D eigenvalue weighted by Gasteiger charge is 2.15. The number of ether oxygens (including phenoxy) is 2. The van der Waals surface area contributed by atoms with Crippen LogP contribution in [0.4, 0.5) is 17.6 Å². The molecule has 3 aromatic rings. The molecule has 7 nitrogen and oxygen atoms in total. The second kappa shape index (κ2) is 7.98. The molecule has 0 atom stereocenters. The summed E-state index contributed by atoms with van der Waals surface area (Å²) in [5.74, 6) is -0.577. The van der Waals surface area contributed by atoms with Gasteiger partial charge in [-0.25, -0.2) is 28.4 Å². The Morgan fingerprint density at radius 2 is 1.93 bits per heavy atom. The third-order valence-electron chi connectivity index (χ3n) is 3.45. The maximum atomic E-state index is 12.6. The highest BCUT2D eigenvalue weighted by atomic mass is 19.3. The topological polar surface area (TPSA) is 75.0 Å². The molecule has 0 saturated heterocycles. The molecule has 0 aromatic carbocycles. The first-order valence-corrected chi connectivity index (χ1v) is 7.58. The van der Waals surface area contributed by atoms with Crippen molar-refractivity contribution in [3.8, 4) is 22.9 Å². The van der Waals surface area contributed by atoms with Crippen molar-refractivity contribution in [2.24, 2.45) is 0 Å². The number of halogens is 4. The Kier molecular flexibility index (Phi) is 5.48. The number of methoxy groups -OCH3 is 1. The van der Waals surface area contributed by atoms with Crippen molar-refractivity contribution in [1.82, 2.24) is 24.7 Å². The van der Waals surface area contributed by atoms with E-state index in [0.29, 0.717) is 16.7 Å². The molecule has 0 spiro atoms. The van der Waals surface area contributed by atoms with Gasteiger partial charge in [-0.15, -0.1) is 5.10 Å². The van der Waals surface area contributed by atoms with Crippen molar-refractivity contribution in [3.63, 3.8) is 0 Å². The average molecular weight is 383 g/mol. The summed E-state index contributed by atoms with van der Waals surface area (Å²) in [4.78, 5) is 11.4. The van der Waals surface area contributed by atoms with Gasteiger partial charge in [0.2, 0.25) is 17.6 Å². The molecule has 0 unspecified atom stereocenters. The number of nitrogens with zero attached hydrogens (tertiary/aromatic N) is 5. The number of aromatic nitrogens is 5. The molecule has 3 heterocycles. The van der Waals surface area contributed by atoms with E-state index in [9.17, 15) is 17.6 Å². The van der Waals surface area contributed by atoms with Gasteiger partial charge in [0.25, 0.3) is 6.43 Å². The molecule has 0 N–H and O–H groups in total. The predicted molar refractivity (Wildman–Crippen MR) is 84.7 cm³/mol. The minimum atomic E-state index is -3.00. The molecular weight excluding hydrogens is 370 g/mol. The lowest BCUT2D eigenvalue weighted by atomic mass is 10.1. The van der Waals surface area contributed by atoms with Gasteiger partial charge in [0.05, 0.1) is 13.7 Å². The first-order valence-electron chi connectivity index (χ1n) is 7.58. The molecule has 3 rings (SSSR count). The van der Waals surface area contributed by atoms with E-state index in [1.165, 1.54) is 36.6 Å². The summed E-state index contributed by atoms with van der Waals surface area (Å²) in [7, 11) is 1.41. The Labute approximate surface area is 150 Å². The van der Waals surface area contributed by atoms with Crippen molar-refractivity contribution < 1.29 is 27.0 Å². The number of pyridine rings is 2. The highest BCUT2D eigenvalue weighted by Crippen LogP contribution is 2.30. The van der Waals surface area contributed by atoms with Crippen LogP contribution in [0.25, 0.3) is 11.1 Å². The van der Waals surface area contributed by atoms with Crippen molar-refractivity contribution in [2.75, 3.05) is 7.11 Å².